The van der Waals surface area contributed by atoms with Gasteiger partial charge in [0.2, 0.25) is 5.91 Å². The molecule has 4 aromatic rings. The molecule has 2 aromatic carbocycles. The minimum atomic E-state index is -0.0973. The molecular formula is C28H29N5O2. The summed E-state index contributed by atoms with van der Waals surface area (Å²) < 4.78 is 6.13. The monoisotopic (exact) mass is 467 g/mol. The van der Waals surface area contributed by atoms with Crippen molar-refractivity contribution in [1.29, 1.82) is 0 Å². The highest BCUT2D eigenvalue weighted by Gasteiger charge is 2.18. The highest BCUT2D eigenvalue weighted by Crippen LogP contribution is 2.32. The molecule has 0 atom stereocenters. The van der Waals surface area contributed by atoms with Crippen LogP contribution in [-0.2, 0) is 11.2 Å². The predicted molar refractivity (Wildman–Crippen MR) is 138 cm³/mol. The summed E-state index contributed by atoms with van der Waals surface area (Å²) in [6.45, 7) is 3.97. The molecule has 35 heavy (non-hydrogen) atoms. The van der Waals surface area contributed by atoms with Crippen LogP contribution in [0.4, 0.5) is 11.5 Å². The van der Waals surface area contributed by atoms with Crippen LogP contribution in [0.2, 0.25) is 0 Å². The van der Waals surface area contributed by atoms with Crippen molar-refractivity contribution in [2.75, 3.05) is 43.4 Å². The number of nitrogens with zero attached hydrogens (tertiary/aromatic N) is 4. The van der Waals surface area contributed by atoms with Crippen LogP contribution in [0.5, 0.6) is 0 Å². The van der Waals surface area contributed by atoms with Crippen LogP contribution in [-0.4, -0.2) is 54.0 Å². The number of anilines is 2. The zero-order valence-corrected chi connectivity index (χ0v) is 19.9. The minimum Gasteiger partial charge on any atom is -0.440 e. The molecule has 0 aliphatic carbocycles. The van der Waals surface area contributed by atoms with Gasteiger partial charge in [-0.25, -0.2) is 9.97 Å². The fraction of sp³-hybridized carbons (Fsp3) is 0.250. The molecule has 7 nitrogen and oxygen atoms in total. The van der Waals surface area contributed by atoms with Crippen LogP contribution < -0.4 is 10.2 Å². The lowest BCUT2D eigenvalue weighted by Gasteiger charge is -2.33. The number of carbonyl (C=O) groups is 1. The van der Waals surface area contributed by atoms with Crippen molar-refractivity contribution in [2.45, 2.75) is 12.8 Å². The number of oxazole rings is 1. The maximum absolute atomic E-state index is 12.6. The number of amides is 1. The van der Waals surface area contributed by atoms with E-state index < -0.39 is 0 Å². The van der Waals surface area contributed by atoms with E-state index in [2.05, 4.69) is 27.1 Å². The van der Waals surface area contributed by atoms with Gasteiger partial charge in [-0.2, -0.15) is 0 Å². The standard InChI is InChI=1S/C28H29N5O2/c1-32-16-18-33(19-17-32)24-13-12-23(20-29-24)30-25(34)14-15-26-31-27(21-8-4-2-5-9-21)28(35-26)22-10-6-3-7-11-22/h2-13,20H,14-19H2,1H3,(H,30,34). The number of piperazine rings is 1. The van der Waals surface area contributed by atoms with E-state index in [9.17, 15) is 4.79 Å². The molecule has 0 saturated carbocycles. The molecule has 0 bridgehead atoms. The van der Waals surface area contributed by atoms with Gasteiger partial charge in [0.1, 0.15) is 11.5 Å². The summed E-state index contributed by atoms with van der Waals surface area (Å²) in [5.41, 5.74) is 3.42. The Bertz CT molecular complexity index is 1190. The lowest BCUT2D eigenvalue weighted by Crippen LogP contribution is -2.44. The van der Waals surface area contributed by atoms with Crippen molar-refractivity contribution < 1.29 is 9.21 Å². The average Bonchev–Trinajstić information content (AvgIpc) is 3.34. The number of nitrogens with one attached hydrogen (secondary N) is 1. The zero-order valence-electron chi connectivity index (χ0n) is 19.9. The lowest BCUT2D eigenvalue weighted by molar-refractivity contribution is -0.116. The highest BCUT2D eigenvalue weighted by atomic mass is 16.4. The topological polar surface area (TPSA) is 74.5 Å². The van der Waals surface area contributed by atoms with E-state index >= 15 is 0 Å². The fourth-order valence-electron chi connectivity index (χ4n) is 4.17. The molecule has 0 spiro atoms. The second kappa shape index (κ2) is 10.5. The van der Waals surface area contributed by atoms with E-state index in [-0.39, 0.29) is 12.3 Å². The first-order valence-electron chi connectivity index (χ1n) is 12.0. The molecule has 1 aliphatic rings. The summed E-state index contributed by atoms with van der Waals surface area (Å²) in [4.78, 5) is 26.5. The Kier molecular flexibility index (Phi) is 6.86. The van der Waals surface area contributed by atoms with Gasteiger partial charge in [0, 0.05) is 50.1 Å². The van der Waals surface area contributed by atoms with Crippen molar-refractivity contribution in [3.05, 3.63) is 84.9 Å². The molecule has 3 heterocycles. The first-order chi connectivity index (χ1) is 17.2. The Hall–Kier alpha value is -3.97. The molecule has 2 aromatic heterocycles. The van der Waals surface area contributed by atoms with Gasteiger partial charge in [-0.05, 0) is 19.2 Å². The summed E-state index contributed by atoms with van der Waals surface area (Å²) >= 11 is 0. The third kappa shape index (κ3) is 5.58. The third-order valence-corrected chi connectivity index (χ3v) is 6.18. The number of likely N-dealkylation sites (N-methyl/N-ethyl adjacent to an activating group) is 1. The van der Waals surface area contributed by atoms with Crippen molar-refractivity contribution in [1.82, 2.24) is 14.9 Å². The zero-order chi connectivity index (χ0) is 24.0. The molecule has 5 rings (SSSR count). The molecular weight excluding hydrogens is 438 g/mol. The van der Waals surface area contributed by atoms with Crippen LogP contribution in [0.15, 0.2) is 83.4 Å². The molecule has 1 amide bonds. The molecule has 1 N–H and O–H groups in total. The molecule has 1 aliphatic heterocycles. The van der Waals surface area contributed by atoms with Gasteiger partial charge in [-0.15, -0.1) is 0 Å². The van der Waals surface area contributed by atoms with Crippen LogP contribution in [0.25, 0.3) is 22.6 Å². The number of benzene rings is 2. The Morgan fingerprint density at radius 2 is 1.60 bits per heavy atom. The molecule has 0 radical (unpaired) electrons. The van der Waals surface area contributed by atoms with Crippen LogP contribution in [0, 0.1) is 0 Å². The van der Waals surface area contributed by atoms with Gasteiger partial charge in [0.05, 0.1) is 11.9 Å². The number of rotatable bonds is 7. The largest absolute Gasteiger partial charge is 0.440 e. The Labute approximate surface area is 205 Å². The first-order valence-corrected chi connectivity index (χ1v) is 12.0. The van der Waals surface area contributed by atoms with Crippen molar-refractivity contribution in [2.24, 2.45) is 0 Å². The quantitative estimate of drug-likeness (QED) is 0.424. The minimum absolute atomic E-state index is 0.0973. The maximum atomic E-state index is 12.6. The second-order valence-corrected chi connectivity index (χ2v) is 8.76. The summed E-state index contributed by atoms with van der Waals surface area (Å²) in [5, 5.41) is 2.94. The van der Waals surface area contributed by atoms with Crippen molar-refractivity contribution >= 4 is 17.4 Å². The van der Waals surface area contributed by atoms with Crippen LogP contribution in [0.3, 0.4) is 0 Å². The third-order valence-electron chi connectivity index (χ3n) is 6.18. The normalized spacial score (nSPS) is 14.1. The van der Waals surface area contributed by atoms with E-state index in [1.165, 1.54) is 0 Å². The Balaban J connectivity index is 1.23. The van der Waals surface area contributed by atoms with Gasteiger partial charge in [0.15, 0.2) is 11.7 Å². The molecule has 0 unspecified atom stereocenters. The van der Waals surface area contributed by atoms with E-state index in [1.54, 1.807) is 6.20 Å². The van der Waals surface area contributed by atoms with Gasteiger partial charge in [-0.1, -0.05) is 60.7 Å². The van der Waals surface area contributed by atoms with Gasteiger partial charge in [-0.3, -0.25) is 4.79 Å². The Morgan fingerprint density at radius 3 is 2.26 bits per heavy atom. The average molecular weight is 468 g/mol. The van der Waals surface area contributed by atoms with E-state index in [0.29, 0.717) is 18.0 Å². The number of aromatic nitrogens is 2. The second-order valence-electron chi connectivity index (χ2n) is 8.76. The van der Waals surface area contributed by atoms with Crippen LogP contribution in [0.1, 0.15) is 12.3 Å². The molecule has 1 fully saturated rings. The first kappa shape index (κ1) is 22.8. The maximum Gasteiger partial charge on any atom is 0.224 e. The van der Waals surface area contributed by atoms with Crippen molar-refractivity contribution in [3.63, 3.8) is 0 Å². The summed E-state index contributed by atoms with van der Waals surface area (Å²) in [5.74, 6) is 2.11. The number of aryl methyl sites for hydroxylation is 1. The number of pyridine rings is 1. The van der Waals surface area contributed by atoms with Gasteiger partial charge in [0.25, 0.3) is 0 Å². The Morgan fingerprint density at radius 1 is 0.914 bits per heavy atom. The molecule has 7 heteroatoms. The number of hydrogen-bond acceptors (Lipinski definition) is 6. The summed E-state index contributed by atoms with van der Waals surface area (Å²) in [7, 11) is 2.13. The lowest BCUT2D eigenvalue weighted by atomic mass is 10.1. The predicted octanol–water partition coefficient (Wildman–Crippen LogP) is 4.73. The van der Waals surface area contributed by atoms with Gasteiger partial charge < -0.3 is 19.5 Å². The smallest absolute Gasteiger partial charge is 0.224 e. The number of hydrogen-bond donors (Lipinski definition) is 1. The molecule has 1 saturated heterocycles. The fourth-order valence-corrected chi connectivity index (χ4v) is 4.17. The van der Waals surface area contributed by atoms with E-state index in [1.807, 2.05) is 72.8 Å². The number of carbonyl (C=O) groups excluding carboxylic acids is 1. The molecule has 178 valence electrons. The summed E-state index contributed by atoms with van der Waals surface area (Å²) in [6, 6.07) is 23.8. The highest BCUT2D eigenvalue weighted by molar-refractivity contribution is 5.90. The van der Waals surface area contributed by atoms with Crippen molar-refractivity contribution in [3.8, 4) is 22.6 Å². The summed E-state index contributed by atoms with van der Waals surface area (Å²) in [6.07, 6.45) is 2.40. The SMILES string of the molecule is CN1CCN(c2ccc(NC(=O)CCc3nc(-c4ccccc4)c(-c4ccccc4)o3)cn2)CC1. The van der Waals surface area contributed by atoms with E-state index in [4.69, 9.17) is 9.40 Å². The van der Waals surface area contributed by atoms with Gasteiger partial charge >= 0.3 is 0 Å². The van der Waals surface area contributed by atoms with E-state index in [0.717, 1.165) is 54.6 Å². The van der Waals surface area contributed by atoms with Crippen LogP contribution >= 0.6 is 0 Å².